The lowest BCUT2D eigenvalue weighted by atomic mass is 10.1. The molecule has 1 aromatic heterocycles. The molecular formula is C18H28N2. The molecule has 0 radical (unpaired) electrons. The van der Waals surface area contributed by atoms with Crippen LogP contribution in [-0.2, 0) is 6.54 Å². The van der Waals surface area contributed by atoms with Crippen LogP contribution in [0.5, 0.6) is 0 Å². The fourth-order valence-electron chi connectivity index (χ4n) is 2.78. The second-order valence-corrected chi connectivity index (χ2v) is 5.75. The fourth-order valence-corrected chi connectivity index (χ4v) is 2.78. The van der Waals surface area contributed by atoms with E-state index >= 15 is 0 Å². The van der Waals surface area contributed by atoms with E-state index in [0.717, 1.165) is 6.54 Å². The first kappa shape index (κ1) is 15.1. The standard InChI is InChI=1S/C18H28N2/c1-2-3-4-5-6-7-8-9-12-15-20-18-14-11-10-13-17(18)16-19-20/h10-11,13-14,16H,2-9,12,15H2,1H3. The summed E-state index contributed by atoms with van der Waals surface area (Å²) in [5.41, 5.74) is 1.27. The zero-order chi connectivity index (χ0) is 14.0. The minimum Gasteiger partial charge on any atom is -0.265 e. The summed E-state index contributed by atoms with van der Waals surface area (Å²) in [6.07, 6.45) is 14.4. The summed E-state index contributed by atoms with van der Waals surface area (Å²) >= 11 is 0. The van der Waals surface area contributed by atoms with E-state index < -0.39 is 0 Å². The zero-order valence-corrected chi connectivity index (χ0v) is 12.9. The molecule has 0 saturated heterocycles. The maximum absolute atomic E-state index is 4.48. The van der Waals surface area contributed by atoms with Gasteiger partial charge in [0, 0.05) is 11.9 Å². The van der Waals surface area contributed by atoms with Gasteiger partial charge in [-0.05, 0) is 12.5 Å². The first-order valence-corrected chi connectivity index (χ1v) is 8.32. The number of hydrogen-bond acceptors (Lipinski definition) is 1. The van der Waals surface area contributed by atoms with Gasteiger partial charge in [0.25, 0.3) is 0 Å². The summed E-state index contributed by atoms with van der Waals surface area (Å²) in [6, 6.07) is 8.47. The average molecular weight is 272 g/mol. The minimum atomic E-state index is 1.06. The van der Waals surface area contributed by atoms with Crippen molar-refractivity contribution >= 4 is 10.9 Å². The Hall–Kier alpha value is -1.31. The van der Waals surface area contributed by atoms with Gasteiger partial charge in [0.05, 0.1) is 11.7 Å². The van der Waals surface area contributed by atoms with Crippen LogP contribution >= 0.6 is 0 Å². The predicted molar refractivity (Wildman–Crippen MR) is 87.0 cm³/mol. The number of para-hydroxylation sites is 1. The van der Waals surface area contributed by atoms with Crippen molar-refractivity contribution < 1.29 is 0 Å². The maximum atomic E-state index is 4.48. The number of benzene rings is 1. The molecule has 2 nitrogen and oxygen atoms in total. The highest BCUT2D eigenvalue weighted by Gasteiger charge is 2.00. The van der Waals surface area contributed by atoms with E-state index in [9.17, 15) is 0 Å². The van der Waals surface area contributed by atoms with Crippen LogP contribution in [0.25, 0.3) is 10.9 Å². The first-order valence-electron chi connectivity index (χ1n) is 8.32. The molecule has 0 saturated carbocycles. The summed E-state index contributed by atoms with van der Waals surface area (Å²) in [5.74, 6) is 0. The number of fused-ring (bicyclic) bond motifs is 1. The van der Waals surface area contributed by atoms with Gasteiger partial charge >= 0.3 is 0 Å². The first-order chi connectivity index (χ1) is 9.92. The van der Waals surface area contributed by atoms with Crippen LogP contribution < -0.4 is 0 Å². The van der Waals surface area contributed by atoms with Crippen LogP contribution in [0.2, 0.25) is 0 Å². The molecule has 0 aliphatic carbocycles. The van der Waals surface area contributed by atoms with Gasteiger partial charge < -0.3 is 0 Å². The van der Waals surface area contributed by atoms with Gasteiger partial charge in [-0.15, -0.1) is 0 Å². The highest BCUT2D eigenvalue weighted by atomic mass is 15.3. The van der Waals surface area contributed by atoms with Crippen LogP contribution in [-0.4, -0.2) is 9.78 Å². The molecule has 0 aliphatic rings. The summed E-state index contributed by atoms with van der Waals surface area (Å²) in [5, 5.41) is 5.73. The van der Waals surface area contributed by atoms with Crippen LogP contribution in [0.1, 0.15) is 64.7 Å². The highest BCUT2D eigenvalue weighted by molar-refractivity contribution is 5.78. The number of aromatic nitrogens is 2. The third-order valence-electron chi connectivity index (χ3n) is 4.02. The Morgan fingerprint density at radius 3 is 2.25 bits per heavy atom. The Balaban J connectivity index is 1.57. The Bertz CT molecular complexity index is 487. The van der Waals surface area contributed by atoms with Crippen molar-refractivity contribution in [1.29, 1.82) is 0 Å². The van der Waals surface area contributed by atoms with Crippen LogP contribution in [0.15, 0.2) is 30.5 Å². The molecule has 110 valence electrons. The smallest absolute Gasteiger partial charge is 0.0682 e. The predicted octanol–water partition coefficient (Wildman–Crippen LogP) is 5.57. The zero-order valence-electron chi connectivity index (χ0n) is 12.9. The van der Waals surface area contributed by atoms with Crippen LogP contribution in [0, 0.1) is 0 Å². The molecule has 2 rings (SSSR count). The average Bonchev–Trinajstić information content (AvgIpc) is 2.89. The van der Waals surface area contributed by atoms with E-state index in [1.165, 1.54) is 68.7 Å². The molecule has 0 N–H and O–H groups in total. The third kappa shape index (κ3) is 4.66. The van der Waals surface area contributed by atoms with Gasteiger partial charge in [-0.2, -0.15) is 5.10 Å². The van der Waals surface area contributed by atoms with E-state index in [1.807, 2.05) is 6.20 Å². The van der Waals surface area contributed by atoms with E-state index in [0.29, 0.717) is 0 Å². The Labute approximate surface area is 123 Å². The SMILES string of the molecule is CCCCCCCCCCCn1ncc2ccccc21. The van der Waals surface area contributed by atoms with Crippen LogP contribution in [0.4, 0.5) is 0 Å². The molecule has 0 bridgehead atoms. The topological polar surface area (TPSA) is 17.8 Å². The second kappa shape index (κ2) is 8.78. The van der Waals surface area contributed by atoms with Crippen molar-refractivity contribution in [2.24, 2.45) is 0 Å². The number of aryl methyl sites for hydroxylation is 1. The molecule has 0 aliphatic heterocycles. The lowest BCUT2D eigenvalue weighted by molar-refractivity contribution is 0.525. The van der Waals surface area contributed by atoms with Gasteiger partial charge in [0.15, 0.2) is 0 Å². The van der Waals surface area contributed by atoms with E-state index in [2.05, 4.69) is 41.0 Å². The number of rotatable bonds is 10. The van der Waals surface area contributed by atoms with Gasteiger partial charge in [-0.1, -0.05) is 76.5 Å². The Kier molecular flexibility index (Phi) is 6.62. The van der Waals surface area contributed by atoms with E-state index in [1.54, 1.807) is 0 Å². The number of hydrogen-bond donors (Lipinski definition) is 0. The van der Waals surface area contributed by atoms with Crippen molar-refractivity contribution in [1.82, 2.24) is 9.78 Å². The summed E-state index contributed by atoms with van der Waals surface area (Å²) in [6.45, 7) is 3.34. The van der Waals surface area contributed by atoms with Crippen molar-refractivity contribution in [3.63, 3.8) is 0 Å². The molecule has 2 aromatic rings. The summed E-state index contributed by atoms with van der Waals surface area (Å²) in [7, 11) is 0. The molecule has 0 spiro atoms. The number of unbranched alkanes of at least 4 members (excludes halogenated alkanes) is 8. The second-order valence-electron chi connectivity index (χ2n) is 5.75. The van der Waals surface area contributed by atoms with Gasteiger partial charge in [0.1, 0.15) is 0 Å². The van der Waals surface area contributed by atoms with E-state index in [-0.39, 0.29) is 0 Å². The molecule has 0 atom stereocenters. The lowest BCUT2D eigenvalue weighted by Gasteiger charge is -2.04. The normalized spacial score (nSPS) is 11.2. The molecule has 0 amide bonds. The largest absolute Gasteiger partial charge is 0.265 e. The highest BCUT2D eigenvalue weighted by Crippen LogP contribution is 2.14. The number of nitrogens with zero attached hydrogens (tertiary/aromatic N) is 2. The van der Waals surface area contributed by atoms with Crippen LogP contribution in [0.3, 0.4) is 0 Å². The third-order valence-corrected chi connectivity index (χ3v) is 4.02. The molecule has 2 heteroatoms. The van der Waals surface area contributed by atoms with Crippen molar-refractivity contribution in [2.75, 3.05) is 0 Å². The van der Waals surface area contributed by atoms with Gasteiger partial charge in [-0.25, -0.2) is 0 Å². The van der Waals surface area contributed by atoms with Crippen molar-refractivity contribution in [3.8, 4) is 0 Å². The monoisotopic (exact) mass is 272 g/mol. The van der Waals surface area contributed by atoms with E-state index in [4.69, 9.17) is 0 Å². The minimum absolute atomic E-state index is 1.06. The molecule has 1 aromatic carbocycles. The maximum Gasteiger partial charge on any atom is 0.0682 e. The van der Waals surface area contributed by atoms with Gasteiger partial charge in [0.2, 0.25) is 0 Å². The molecule has 0 fully saturated rings. The lowest BCUT2D eigenvalue weighted by Crippen LogP contribution is -1.99. The summed E-state index contributed by atoms with van der Waals surface area (Å²) < 4.78 is 2.15. The molecule has 1 heterocycles. The van der Waals surface area contributed by atoms with Gasteiger partial charge in [-0.3, -0.25) is 4.68 Å². The van der Waals surface area contributed by atoms with Crippen molar-refractivity contribution in [3.05, 3.63) is 30.5 Å². The Morgan fingerprint density at radius 2 is 1.50 bits per heavy atom. The molecule has 0 unspecified atom stereocenters. The molecule has 20 heavy (non-hydrogen) atoms. The Morgan fingerprint density at radius 1 is 0.850 bits per heavy atom. The quantitative estimate of drug-likeness (QED) is 0.517. The fraction of sp³-hybridized carbons (Fsp3) is 0.611. The molecular weight excluding hydrogens is 244 g/mol. The van der Waals surface area contributed by atoms with Crippen molar-refractivity contribution in [2.45, 2.75) is 71.3 Å². The summed E-state index contributed by atoms with van der Waals surface area (Å²) in [4.78, 5) is 0.